The van der Waals surface area contributed by atoms with Gasteiger partial charge in [-0.2, -0.15) is 13.9 Å². The van der Waals surface area contributed by atoms with Crippen LogP contribution < -0.4 is 9.61 Å². The summed E-state index contributed by atoms with van der Waals surface area (Å²) in [5.74, 6) is -14.3. The quantitative estimate of drug-likeness (QED) is 0.0213. The van der Waals surface area contributed by atoms with Crippen LogP contribution >= 0.6 is 7.75 Å². The second-order valence-electron chi connectivity index (χ2n) is 12.8. The van der Waals surface area contributed by atoms with E-state index in [1.807, 2.05) is 6.92 Å². The average molecular weight is 750 g/mol. The van der Waals surface area contributed by atoms with E-state index in [-0.39, 0.29) is 32.7 Å². The van der Waals surface area contributed by atoms with Crippen molar-refractivity contribution in [1.82, 2.24) is 5.09 Å². The van der Waals surface area contributed by atoms with Gasteiger partial charge in [0.1, 0.15) is 6.04 Å². The number of carbonyl (C=O) groups is 1. The Labute approximate surface area is 300 Å². The molecule has 2 atom stereocenters. The molecule has 0 aromatic heterocycles. The summed E-state index contributed by atoms with van der Waals surface area (Å²) in [7, 11) is -4.97. The van der Waals surface area contributed by atoms with Gasteiger partial charge in [-0.05, 0) is 31.2 Å². The molecule has 2 aromatic rings. The van der Waals surface area contributed by atoms with Gasteiger partial charge in [0.2, 0.25) is 34.8 Å². The number of nitrogens with one attached hydrogen (secondary N) is 1. The fourth-order valence-corrected chi connectivity index (χ4v) is 6.89. The zero-order valence-corrected chi connectivity index (χ0v) is 31.2. The third kappa shape index (κ3) is 17.7. The van der Waals surface area contributed by atoms with E-state index in [9.17, 15) is 31.3 Å². The third-order valence-electron chi connectivity index (χ3n) is 8.34. The maximum atomic E-state index is 14.6. The van der Waals surface area contributed by atoms with E-state index >= 15 is 0 Å². The van der Waals surface area contributed by atoms with Gasteiger partial charge >= 0.3 is 13.7 Å². The van der Waals surface area contributed by atoms with Crippen LogP contribution in [0.1, 0.15) is 129 Å². The van der Waals surface area contributed by atoms with Gasteiger partial charge in [-0.3, -0.25) is 9.32 Å². The highest BCUT2D eigenvalue weighted by molar-refractivity contribution is 7.52. The van der Waals surface area contributed by atoms with Crippen molar-refractivity contribution < 1.29 is 49.8 Å². The van der Waals surface area contributed by atoms with Crippen molar-refractivity contribution in [3.63, 3.8) is 0 Å². The molecule has 0 aliphatic carbocycles. The lowest BCUT2D eigenvalue weighted by Crippen LogP contribution is -2.39. The highest BCUT2D eigenvalue weighted by Crippen LogP contribution is 2.47. The molecular formula is C38H57F5NO6P. The van der Waals surface area contributed by atoms with Crippen LogP contribution in [0.4, 0.5) is 22.0 Å². The zero-order valence-electron chi connectivity index (χ0n) is 30.3. The SMILES string of the molecule is CCCCCCCCCCCCCCCCOCCCOP(=O)(N[C@@H](Cc1ccccc1)C(=O)OCCCC)Oc1c(F)c(F)c(F)c(F)c1F. The molecule has 7 nitrogen and oxygen atoms in total. The van der Waals surface area contributed by atoms with Crippen molar-refractivity contribution in [2.24, 2.45) is 0 Å². The van der Waals surface area contributed by atoms with Crippen LogP contribution in [-0.2, 0) is 29.8 Å². The van der Waals surface area contributed by atoms with Crippen LogP contribution in [0.3, 0.4) is 0 Å². The van der Waals surface area contributed by atoms with Gasteiger partial charge in [0.25, 0.3) is 0 Å². The van der Waals surface area contributed by atoms with E-state index in [1.165, 1.54) is 70.6 Å². The minimum Gasteiger partial charge on any atom is -0.465 e. The van der Waals surface area contributed by atoms with E-state index in [4.69, 9.17) is 18.5 Å². The molecule has 0 radical (unpaired) electrons. The molecule has 0 heterocycles. The predicted molar refractivity (Wildman–Crippen MR) is 189 cm³/mol. The number of hydrogen-bond acceptors (Lipinski definition) is 6. The van der Waals surface area contributed by atoms with Crippen molar-refractivity contribution in [2.45, 2.75) is 135 Å². The molecule has 0 fully saturated rings. The highest BCUT2D eigenvalue weighted by Gasteiger charge is 2.38. The fraction of sp³-hybridized carbons (Fsp3) is 0.658. The van der Waals surface area contributed by atoms with E-state index in [2.05, 4.69) is 12.0 Å². The first kappa shape index (κ1) is 44.6. The monoisotopic (exact) mass is 749 g/mol. The normalized spacial score (nSPS) is 13.2. The molecular weight excluding hydrogens is 692 g/mol. The second-order valence-corrected chi connectivity index (χ2v) is 14.5. The number of rotatable bonds is 30. The molecule has 0 bridgehead atoms. The molecule has 290 valence electrons. The number of esters is 1. The van der Waals surface area contributed by atoms with Crippen LogP contribution in [-0.4, -0.2) is 38.4 Å². The number of carbonyl (C=O) groups excluding carboxylic acids is 1. The largest absolute Gasteiger partial charge is 0.465 e. The summed E-state index contributed by atoms with van der Waals surface area (Å²) in [5, 5.41) is 2.34. The van der Waals surface area contributed by atoms with Crippen LogP contribution in [0.15, 0.2) is 30.3 Å². The smallest absolute Gasteiger partial charge is 0.459 e. The Morgan fingerprint density at radius 1 is 0.627 bits per heavy atom. The minimum absolute atomic E-state index is 0.0443. The summed E-state index contributed by atoms with van der Waals surface area (Å²) >= 11 is 0. The number of benzene rings is 2. The van der Waals surface area contributed by atoms with Gasteiger partial charge in [0, 0.05) is 13.2 Å². The molecule has 0 saturated heterocycles. The Bertz CT molecular complexity index is 1280. The summed E-state index contributed by atoms with van der Waals surface area (Å²) in [6.45, 7) is 4.50. The Morgan fingerprint density at radius 3 is 1.67 bits per heavy atom. The van der Waals surface area contributed by atoms with Gasteiger partial charge in [-0.15, -0.1) is 0 Å². The standard InChI is InChI=1S/C38H57F5NO6P/c1-3-5-7-8-9-10-11-12-13-14-15-16-17-21-25-47-26-22-28-49-51(46,50-37-35(42)33(40)32(39)34(41)36(37)43)44-31(38(45)48-27-6-4-2)29-30-23-19-18-20-24-30/h18-20,23-24,31H,3-17,21-22,25-29H2,1-2H3,(H,44,46)/t31-,51?/m0/s1. The molecule has 51 heavy (non-hydrogen) atoms. The van der Waals surface area contributed by atoms with Crippen molar-refractivity contribution in [2.75, 3.05) is 26.4 Å². The van der Waals surface area contributed by atoms with Crippen LogP contribution in [0, 0.1) is 29.1 Å². The van der Waals surface area contributed by atoms with E-state index < -0.39 is 54.6 Å². The Morgan fingerprint density at radius 2 is 1.12 bits per heavy atom. The maximum absolute atomic E-state index is 14.6. The predicted octanol–water partition coefficient (Wildman–Crippen LogP) is 11.3. The number of halogens is 5. The second kappa shape index (κ2) is 26.3. The topological polar surface area (TPSA) is 83.1 Å². The lowest BCUT2D eigenvalue weighted by atomic mass is 10.0. The van der Waals surface area contributed by atoms with Crippen LogP contribution in [0.5, 0.6) is 5.75 Å². The minimum atomic E-state index is -4.97. The van der Waals surface area contributed by atoms with E-state index in [1.54, 1.807) is 30.3 Å². The first-order valence-electron chi connectivity index (χ1n) is 18.6. The lowest BCUT2D eigenvalue weighted by Gasteiger charge is -2.25. The van der Waals surface area contributed by atoms with Crippen molar-refractivity contribution >= 4 is 13.7 Å². The van der Waals surface area contributed by atoms with E-state index in [0.717, 1.165) is 25.7 Å². The molecule has 0 aliphatic rings. The zero-order chi connectivity index (χ0) is 37.3. The number of unbranched alkanes of at least 4 members (excludes halogenated alkanes) is 14. The van der Waals surface area contributed by atoms with E-state index in [0.29, 0.717) is 18.6 Å². The summed E-state index contributed by atoms with van der Waals surface area (Å²) in [5.41, 5.74) is 0.599. The summed E-state index contributed by atoms with van der Waals surface area (Å²) < 4.78 is 106. The molecule has 0 spiro atoms. The van der Waals surface area contributed by atoms with Gasteiger partial charge < -0.3 is 14.0 Å². The summed E-state index contributed by atoms with van der Waals surface area (Å²) in [6, 6.07) is 7.09. The Kier molecular flexibility index (Phi) is 23.0. The summed E-state index contributed by atoms with van der Waals surface area (Å²) in [6.07, 6.45) is 18.6. The molecule has 0 aliphatic heterocycles. The van der Waals surface area contributed by atoms with Crippen molar-refractivity contribution in [1.29, 1.82) is 0 Å². The lowest BCUT2D eigenvalue weighted by molar-refractivity contribution is -0.145. The number of ether oxygens (including phenoxy) is 2. The molecule has 2 rings (SSSR count). The van der Waals surface area contributed by atoms with Gasteiger partial charge in [0.05, 0.1) is 13.2 Å². The molecule has 0 saturated carbocycles. The van der Waals surface area contributed by atoms with Crippen molar-refractivity contribution in [3.8, 4) is 5.75 Å². The first-order valence-corrected chi connectivity index (χ1v) is 20.2. The molecule has 2 aromatic carbocycles. The van der Waals surface area contributed by atoms with Crippen LogP contribution in [0.2, 0.25) is 0 Å². The van der Waals surface area contributed by atoms with Crippen LogP contribution in [0.25, 0.3) is 0 Å². The highest BCUT2D eigenvalue weighted by atomic mass is 31.2. The molecule has 1 N–H and O–H groups in total. The fourth-order valence-electron chi connectivity index (χ4n) is 5.36. The van der Waals surface area contributed by atoms with Crippen molar-refractivity contribution in [3.05, 3.63) is 65.0 Å². The first-order chi connectivity index (χ1) is 24.6. The molecule has 0 amide bonds. The van der Waals surface area contributed by atoms with Gasteiger partial charge in [0.15, 0.2) is 0 Å². The van der Waals surface area contributed by atoms with Gasteiger partial charge in [-0.1, -0.05) is 134 Å². The Balaban J connectivity index is 1.89. The Hall–Kier alpha value is -2.53. The average Bonchev–Trinajstić information content (AvgIpc) is 3.13. The molecule has 13 heteroatoms. The third-order valence-corrected chi connectivity index (χ3v) is 9.91. The maximum Gasteiger partial charge on any atom is 0.459 e. The number of hydrogen-bond donors (Lipinski definition) is 1. The van der Waals surface area contributed by atoms with Gasteiger partial charge in [-0.25, -0.2) is 17.7 Å². The summed E-state index contributed by atoms with van der Waals surface area (Å²) in [4.78, 5) is 13.0. The molecule has 1 unspecified atom stereocenters.